The van der Waals surface area contributed by atoms with Gasteiger partial charge < -0.3 is 0 Å². The molecule has 0 aliphatic heterocycles. The molecule has 0 amide bonds. The number of carbonyl (C=O) groups is 1. The number of rotatable bonds is 1. The molecule has 1 fully saturated rings. The summed E-state index contributed by atoms with van der Waals surface area (Å²) in [4.78, 5) is 11.2. The SMILES string of the molecule is CCC1CC(=O)CC(C)(C)C1. The average molecular weight is 154 g/mol. The van der Waals surface area contributed by atoms with E-state index in [1.54, 1.807) is 0 Å². The van der Waals surface area contributed by atoms with Crippen LogP contribution in [0.3, 0.4) is 0 Å². The van der Waals surface area contributed by atoms with Crippen molar-refractivity contribution in [3.05, 3.63) is 0 Å². The molecule has 1 aliphatic carbocycles. The largest absolute Gasteiger partial charge is 0.300 e. The second-order valence-corrected chi connectivity index (χ2v) is 4.56. The lowest BCUT2D eigenvalue weighted by Crippen LogP contribution is -2.28. The van der Waals surface area contributed by atoms with Gasteiger partial charge in [-0.2, -0.15) is 0 Å². The van der Waals surface area contributed by atoms with Crippen LogP contribution in [0.15, 0.2) is 0 Å². The van der Waals surface area contributed by atoms with Gasteiger partial charge in [-0.1, -0.05) is 27.2 Å². The molecule has 1 nitrogen and oxygen atoms in total. The molecule has 0 saturated heterocycles. The third-order valence-electron chi connectivity index (χ3n) is 2.61. The van der Waals surface area contributed by atoms with Crippen molar-refractivity contribution in [1.29, 1.82) is 0 Å². The highest BCUT2D eigenvalue weighted by Gasteiger charge is 2.31. The molecule has 1 saturated carbocycles. The fourth-order valence-corrected chi connectivity index (χ4v) is 2.14. The van der Waals surface area contributed by atoms with Crippen molar-refractivity contribution < 1.29 is 4.79 Å². The number of hydrogen-bond acceptors (Lipinski definition) is 1. The molecule has 1 heteroatoms. The zero-order chi connectivity index (χ0) is 8.48. The molecule has 0 aromatic rings. The lowest BCUT2D eigenvalue weighted by Gasteiger charge is -2.33. The van der Waals surface area contributed by atoms with Gasteiger partial charge in [-0.15, -0.1) is 0 Å². The van der Waals surface area contributed by atoms with Gasteiger partial charge in [0, 0.05) is 12.8 Å². The van der Waals surface area contributed by atoms with Gasteiger partial charge in [0.2, 0.25) is 0 Å². The smallest absolute Gasteiger partial charge is 0.133 e. The first-order valence-corrected chi connectivity index (χ1v) is 4.55. The zero-order valence-electron chi connectivity index (χ0n) is 7.81. The Balaban J connectivity index is 2.58. The minimum Gasteiger partial charge on any atom is -0.300 e. The number of hydrogen-bond donors (Lipinski definition) is 0. The van der Waals surface area contributed by atoms with Gasteiger partial charge in [-0.3, -0.25) is 4.79 Å². The maximum absolute atomic E-state index is 11.2. The Bertz CT molecular complexity index is 158. The van der Waals surface area contributed by atoms with E-state index in [2.05, 4.69) is 20.8 Å². The average Bonchev–Trinajstić information content (AvgIpc) is 1.83. The number of Topliss-reactive ketones (excluding diaryl/α,β-unsaturated/α-hetero) is 1. The van der Waals surface area contributed by atoms with E-state index in [-0.39, 0.29) is 5.41 Å². The monoisotopic (exact) mass is 154 g/mol. The van der Waals surface area contributed by atoms with Crippen molar-refractivity contribution in [2.24, 2.45) is 11.3 Å². The van der Waals surface area contributed by atoms with Crippen LogP contribution in [0.1, 0.15) is 46.5 Å². The summed E-state index contributed by atoms with van der Waals surface area (Å²) < 4.78 is 0. The van der Waals surface area contributed by atoms with Crippen LogP contribution in [0.4, 0.5) is 0 Å². The molecule has 1 unspecified atom stereocenters. The molecule has 11 heavy (non-hydrogen) atoms. The second-order valence-electron chi connectivity index (χ2n) is 4.56. The minimum atomic E-state index is 0.274. The number of carbonyl (C=O) groups excluding carboxylic acids is 1. The molecule has 1 aliphatic rings. The Morgan fingerprint density at radius 2 is 2.18 bits per heavy atom. The standard InChI is InChI=1S/C10H18O/c1-4-8-5-9(11)7-10(2,3)6-8/h8H,4-7H2,1-3H3. The van der Waals surface area contributed by atoms with E-state index < -0.39 is 0 Å². The van der Waals surface area contributed by atoms with Crippen molar-refractivity contribution in [2.45, 2.75) is 46.5 Å². The van der Waals surface area contributed by atoms with E-state index >= 15 is 0 Å². The van der Waals surface area contributed by atoms with Crippen molar-refractivity contribution in [3.63, 3.8) is 0 Å². The molecular weight excluding hydrogens is 136 g/mol. The molecule has 0 radical (unpaired) electrons. The summed E-state index contributed by atoms with van der Waals surface area (Å²) in [6, 6.07) is 0. The molecule has 0 bridgehead atoms. The molecule has 0 aromatic heterocycles. The summed E-state index contributed by atoms with van der Waals surface area (Å²) >= 11 is 0. The summed E-state index contributed by atoms with van der Waals surface area (Å²) in [5.41, 5.74) is 0.274. The van der Waals surface area contributed by atoms with E-state index in [9.17, 15) is 4.79 Å². The van der Waals surface area contributed by atoms with Crippen LogP contribution < -0.4 is 0 Å². The molecule has 0 spiro atoms. The van der Waals surface area contributed by atoms with Crippen molar-refractivity contribution in [3.8, 4) is 0 Å². The molecule has 0 N–H and O–H groups in total. The maximum atomic E-state index is 11.2. The fourth-order valence-electron chi connectivity index (χ4n) is 2.14. The predicted octanol–water partition coefficient (Wildman–Crippen LogP) is 2.79. The Kier molecular flexibility index (Phi) is 2.36. The first-order chi connectivity index (χ1) is 5.03. The normalized spacial score (nSPS) is 30.5. The highest BCUT2D eigenvalue weighted by molar-refractivity contribution is 5.80. The van der Waals surface area contributed by atoms with E-state index in [1.807, 2.05) is 0 Å². The van der Waals surface area contributed by atoms with Crippen LogP contribution in [0.5, 0.6) is 0 Å². The third-order valence-corrected chi connectivity index (χ3v) is 2.61. The van der Waals surface area contributed by atoms with Gasteiger partial charge >= 0.3 is 0 Å². The third kappa shape index (κ3) is 2.32. The van der Waals surface area contributed by atoms with Gasteiger partial charge in [0.05, 0.1) is 0 Å². The van der Waals surface area contributed by atoms with Crippen LogP contribution in [-0.4, -0.2) is 5.78 Å². The van der Waals surface area contributed by atoms with Crippen molar-refractivity contribution in [2.75, 3.05) is 0 Å². The molecule has 1 rings (SSSR count). The summed E-state index contributed by atoms with van der Waals surface area (Å²) in [7, 11) is 0. The van der Waals surface area contributed by atoms with Gasteiger partial charge in [0.1, 0.15) is 5.78 Å². The summed E-state index contributed by atoms with van der Waals surface area (Å²) in [6.45, 7) is 6.58. The van der Waals surface area contributed by atoms with Crippen LogP contribution in [-0.2, 0) is 4.79 Å². The van der Waals surface area contributed by atoms with Gasteiger partial charge in [-0.25, -0.2) is 0 Å². The van der Waals surface area contributed by atoms with E-state index in [0.29, 0.717) is 11.7 Å². The summed E-state index contributed by atoms with van der Waals surface area (Å²) in [5.74, 6) is 1.12. The second kappa shape index (κ2) is 2.96. The maximum Gasteiger partial charge on any atom is 0.133 e. The number of ketones is 1. The Labute approximate surface area is 69.2 Å². The van der Waals surface area contributed by atoms with E-state index in [0.717, 1.165) is 19.3 Å². The lowest BCUT2D eigenvalue weighted by atomic mass is 9.71. The minimum absolute atomic E-state index is 0.274. The molecule has 0 aromatic carbocycles. The predicted molar refractivity (Wildman–Crippen MR) is 46.4 cm³/mol. The van der Waals surface area contributed by atoms with Crippen LogP contribution in [0, 0.1) is 11.3 Å². The highest BCUT2D eigenvalue weighted by Crippen LogP contribution is 2.37. The Morgan fingerprint density at radius 1 is 1.55 bits per heavy atom. The first kappa shape index (κ1) is 8.76. The Morgan fingerprint density at radius 3 is 2.64 bits per heavy atom. The van der Waals surface area contributed by atoms with E-state index in [1.165, 1.54) is 6.42 Å². The van der Waals surface area contributed by atoms with Gasteiger partial charge in [0.15, 0.2) is 0 Å². The molecular formula is C10H18O. The van der Waals surface area contributed by atoms with Crippen molar-refractivity contribution >= 4 is 5.78 Å². The summed E-state index contributed by atoms with van der Waals surface area (Å²) in [6.07, 6.45) is 4.02. The quantitative estimate of drug-likeness (QED) is 0.567. The molecule has 64 valence electrons. The van der Waals surface area contributed by atoms with E-state index in [4.69, 9.17) is 0 Å². The van der Waals surface area contributed by atoms with Crippen LogP contribution in [0.25, 0.3) is 0 Å². The van der Waals surface area contributed by atoms with Crippen molar-refractivity contribution in [1.82, 2.24) is 0 Å². The fraction of sp³-hybridized carbons (Fsp3) is 0.900. The summed E-state index contributed by atoms with van der Waals surface area (Å²) in [5, 5.41) is 0. The lowest BCUT2D eigenvalue weighted by molar-refractivity contribution is -0.124. The van der Waals surface area contributed by atoms with Crippen LogP contribution >= 0.6 is 0 Å². The highest BCUT2D eigenvalue weighted by atomic mass is 16.1. The molecule has 1 atom stereocenters. The van der Waals surface area contributed by atoms with Crippen LogP contribution in [0.2, 0.25) is 0 Å². The first-order valence-electron chi connectivity index (χ1n) is 4.55. The van der Waals surface area contributed by atoms with Gasteiger partial charge in [-0.05, 0) is 17.8 Å². The topological polar surface area (TPSA) is 17.1 Å². The molecule has 0 heterocycles. The zero-order valence-corrected chi connectivity index (χ0v) is 7.81. The Hall–Kier alpha value is -0.330. The van der Waals surface area contributed by atoms with Gasteiger partial charge in [0.25, 0.3) is 0 Å².